The standard InChI is InChI=1S/C38H43N5O2.C3H9N.C2H6/c1-25-14-15-34-28(21-25)10-8-18-43(34)38(45)36(26(2)31-24-39-32-12-6-5-11-30(31)32)40-23-27-16-19-42(20-17-27)37(44)35-22-29-9-4-7-13-33(29)41(35)3;1-4(2)3;1-2/h4-7,9,11-15,21-22,24,26-27,36,39-40H,8,10,16-20,23H2,1-3H3;1-3H3;1-2H3. The fourth-order valence-electron chi connectivity index (χ4n) is 7.54. The smallest absolute Gasteiger partial charge is 0.270 e. The Hall–Kier alpha value is -4.40. The maximum Gasteiger partial charge on any atom is 0.270 e. The lowest BCUT2D eigenvalue weighted by molar-refractivity contribution is -0.121. The van der Waals surface area contributed by atoms with E-state index in [2.05, 4.69) is 78.9 Å². The molecule has 8 heteroatoms. The number of rotatable bonds is 7. The minimum absolute atomic E-state index is 0.0300. The van der Waals surface area contributed by atoms with Crippen LogP contribution in [-0.4, -0.2) is 84.5 Å². The predicted octanol–water partition coefficient (Wildman–Crippen LogP) is 7.77. The lowest BCUT2D eigenvalue weighted by Crippen LogP contribution is -2.52. The second-order valence-electron chi connectivity index (χ2n) is 14.4. The summed E-state index contributed by atoms with van der Waals surface area (Å²) in [4.78, 5) is 37.4. The topological polar surface area (TPSA) is 76.6 Å². The van der Waals surface area contributed by atoms with E-state index in [0.29, 0.717) is 5.92 Å². The minimum atomic E-state index is -0.369. The number of benzene rings is 3. The predicted molar refractivity (Wildman–Crippen MR) is 213 cm³/mol. The van der Waals surface area contributed by atoms with E-state index in [-0.39, 0.29) is 23.8 Å². The van der Waals surface area contributed by atoms with Crippen molar-refractivity contribution in [1.29, 1.82) is 0 Å². The van der Waals surface area contributed by atoms with Crippen molar-refractivity contribution in [2.75, 3.05) is 52.2 Å². The lowest BCUT2D eigenvalue weighted by atomic mass is 9.89. The van der Waals surface area contributed by atoms with Crippen molar-refractivity contribution >= 4 is 39.3 Å². The van der Waals surface area contributed by atoms with Crippen LogP contribution in [0.2, 0.25) is 0 Å². The van der Waals surface area contributed by atoms with Gasteiger partial charge in [-0.2, -0.15) is 0 Å². The van der Waals surface area contributed by atoms with Gasteiger partial charge in [0.25, 0.3) is 5.91 Å². The molecule has 4 heterocycles. The van der Waals surface area contributed by atoms with Gasteiger partial charge in [-0.15, -0.1) is 0 Å². The molecule has 2 aliphatic rings. The third-order valence-electron chi connectivity index (χ3n) is 10.2. The number of likely N-dealkylation sites (tertiary alicyclic amines) is 1. The summed E-state index contributed by atoms with van der Waals surface area (Å²) in [5.41, 5.74) is 7.61. The van der Waals surface area contributed by atoms with Gasteiger partial charge >= 0.3 is 0 Å². The Bertz CT molecular complexity index is 1910. The number of aryl methyl sites for hydroxylation is 3. The van der Waals surface area contributed by atoms with Crippen LogP contribution in [0, 0.1) is 12.8 Å². The molecule has 1 saturated heterocycles. The Morgan fingerprint density at radius 1 is 0.941 bits per heavy atom. The number of nitrogens with one attached hydrogen (secondary N) is 2. The number of anilines is 1. The van der Waals surface area contributed by atoms with Crippen molar-refractivity contribution < 1.29 is 9.59 Å². The SMILES string of the molecule is CC.CN(C)C.Cc1ccc2c(c1)CCCN2C(=O)C(NCC1CCN(C(=O)c2cc3ccccc3n2C)CC1)C(C)c1c[nH]c2ccccc12. The third-order valence-corrected chi connectivity index (χ3v) is 10.2. The summed E-state index contributed by atoms with van der Waals surface area (Å²) in [6.45, 7) is 11.2. The van der Waals surface area contributed by atoms with Crippen molar-refractivity contribution in [3.63, 3.8) is 0 Å². The Morgan fingerprint density at radius 2 is 1.63 bits per heavy atom. The van der Waals surface area contributed by atoms with Crippen LogP contribution < -0.4 is 10.2 Å². The molecule has 1 fully saturated rings. The average molecular weight is 691 g/mol. The number of aromatic nitrogens is 2. The zero-order valence-corrected chi connectivity index (χ0v) is 32.0. The summed E-state index contributed by atoms with van der Waals surface area (Å²) < 4.78 is 2.01. The molecule has 5 aromatic rings. The van der Waals surface area contributed by atoms with Gasteiger partial charge in [-0.25, -0.2) is 0 Å². The summed E-state index contributed by atoms with van der Waals surface area (Å²) in [6, 6.07) is 24.6. The van der Waals surface area contributed by atoms with E-state index in [0.717, 1.165) is 85.2 Å². The maximum absolute atomic E-state index is 14.5. The number of fused-ring (bicyclic) bond motifs is 3. The first-order valence-corrected chi connectivity index (χ1v) is 18.8. The van der Waals surface area contributed by atoms with Gasteiger partial charge in [0, 0.05) is 66.3 Å². The van der Waals surface area contributed by atoms with Gasteiger partial charge in [-0.3, -0.25) is 9.59 Å². The first-order valence-electron chi connectivity index (χ1n) is 18.8. The van der Waals surface area contributed by atoms with Crippen molar-refractivity contribution in [2.24, 2.45) is 13.0 Å². The molecule has 3 aromatic carbocycles. The van der Waals surface area contributed by atoms with Gasteiger partial charge in [0.05, 0.1) is 6.04 Å². The molecule has 0 bridgehead atoms. The number of hydrogen-bond acceptors (Lipinski definition) is 4. The van der Waals surface area contributed by atoms with Crippen LogP contribution in [-0.2, 0) is 18.3 Å². The van der Waals surface area contributed by atoms with Crippen LogP contribution in [0.4, 0.5) is 5.69 Å². The van der Waals surface area contributed by atoms with Crippen molar-refractivity contribution in [3.05, 3.63) is 101 Å². The van der Waals surface area contributed by atoms with Gasteiger partial charge < -0.3 is 29.6 Å². The van der Waals surface area contributed by atoms with Gasteiger partial charge in [-0.1, -0.05) is 74.9 Å². The molecule has 2 aliphatic heterocycles. The highest BCUT2D eigenvalue weighted by Crippen LogP contribution is 2.33. The number of carbonyl (C=O) groups is 2. The normalized spacial score (nSPS) is 15.9. The average Bonchev–Trinajstić information content (AvgIpc) is 3.73. The molecule has 0 spiro atoms. The Labute approximate surface area is 304 Å². The van der Waals surface area contributed by atoms with Gasteiger partial charge in [0.15, 0.2) is 0 Å². The van der Waals surface area contributed by atoms with Crippen LogP contribution in [0.1, 0.15) is 73.1 Å². The van der Waals surface area contributed by atoms with Crippen molar-refractivity contribution in [3.8, 4) is 0 Å². The molecule has 51 heavy (non-hydrogen) atoms. The fourth-order valence-corrected chi connectivity index (χ4v) is 7.54. The summed E-state index contributed by atoms with van der Waals surface area (Å²) in [5, 5.41) is 6.03. The molecule has 2 aromatic heterocycles. The van der Waals surface area contributed by atoms with Crippen LogP contribution >= 0.6 is 0 Å². The molecule has 2 atom stereocenters. The van der Waals surface area contributed by atoms with Gasteiger partial charge in [0.1, 0.15) is 5.69 Å². The quantitative estimate of drug-likeness (QED) is 0.183. The summed E-state index contributed by atoms with van der Waals surface area (Å²) >= 11 is 0. The fraction of sp³-hybridized carbons (Fsp3) is 0.442. The van der Waals surface area contributed by atoms with Gasteiger partial charge in [-0.05, 0) is 102 Å². The van der Waals surface area contributed by atoms with Crippen molar-refractivity contribution in [1.82, 2.24) is 24.7 Å². The van der Waals surface area contributed by atoms with Crippen molar-refractivity contribution in [2.45, 2.75) is 65.3 Å². The number of carbonyl (C=O) groups excluding carboxylic acids is 2. The van der Waals surface area contributed by atoms with E-state index >= 15 is 0 Å². The van der Waals surface area contributed by atoms with E-state index in [1.54, 1.807) is 0 Å². The second kappa shape index (κ2) is 17.2. The number of nitrogens with zero attached hydrogens (tertiary/aromatic N) is 4. The number of amides is 2. The molecule has 8 nitrogen and oxygen atoms in total. The zero-order chi connectivity index (χ0) is 36.7. The highest BCUT2D eigenvalue weighted by molar-refractivity contribution is 6.00. The molecule has 2 unspecified atom stereocenters. The van der Waals surface area contributed by atoms with E-state index in [1.165, 1.54) is 16.5 Å². The number of H-pyrrole nitrogens is 1. The van der Waals surface area contributed by atoms with E-state index in [9.17, 15) is 9.59 Å². The van der Waals surface area contributed by atoms with Crippen LogP contribution in [0.15, 0.2) is 79.0 Å². The molecule has 0 saturated carbocycles. The zero-order valence-electron chi connectivity index (χ0n) is 32.0. The highest BCUT2D eigenvalue weighted by Gasteiger charge is 2.35. The second-order valence-corrected chi connectivity index (χ2v) is 14.4. The molecular formula is C43H58N6O2. The Kier molecular flexibility index (Phi) is 12.8. The van der Waals surface area contributed by atoms with Crippen LogP contribution in [0.25, 0.3) is 21.8 Å². The van der Waals surface area contributed by atoms with Crippen LogP contribution in [0.5, 0.6) is 0 Å². The molecule has 272 valence electrons. The highest BCUT2D eigenvalue weighted by atomic mass is 16.2. The number of para-hydroxylation sites is 2. The minimum Gasteiger partial charge on any atom is -0.361 e. The number of piperidine rings is 1. The molecular weight excluding hydrogens is 633 g/mol. The molecule has 2 amide bonds. The molecule has 0 radical (unpaired) electrons. The summed E-state index contributed by atoms with van der Waals surface area (Å²) in [5.74, 6) is 0.599. The first kappa shape index (κ1) is 37.8. The van der Waals surface area contributed by atoms with E-state index in [1.807, 2.05) is 85.6 Å². The van der Waals surface area contributed by atoms with Gasteiger partial charge in [0.2, 0.25) is 5.91 Å². The Morgan fingerprint density at radius 3 is 2.35 bits per heavy atom. The monoisotopic (exact) mass is 690 g/mol. The molecule has 0 aliphatic carbocycles. The van der Waals surface area contributed by atoms with E-state index in [4.69, 9.17) is 0 Å². The maximum atomic E-state index is 14.5. The van der Waals surface area contributed by atoms with E-state index < -0.39 is 0 Å². The Balaban J connectivity index is 0.000000787. The largest absolute Gasteiger partial charge is 0.361 e. The third kappa shape index (κ3) is 8.57. The summed E-state index contributed by atoms with van der Waals surface area (Å²) in [7, 11) is 7.97. The number of aromatic amines is 1. The molecule has 7 rings (SSSR count). The summed E-state index contributed by atoms with van der Waals surface area (Å²) in [6.07, 6.45) is 5.88. The molecule has 2 N–H and O–H groups in total. The first-order chi connectivity index (χ1) is 24.6. The lowest BCUT2D eigenvalue weighted by Gasteiger charge is -2.36. The van der Waals surface area contributed by atoms with Crippen LogP contribution in [0.3, 0.4) is 0 Å². The number of hydrogen-bond donors (Lipinski definition) is 2.